The van der Waals surface area contributed by atoms with Crippen molar-refractivity contribution < 1.29 is 4.74 Å². The molecule has 0 aromatic heterocycles. The molecule has 0 spiro atoms. The summed E-state index contributed by atoms with van der Waals surface area (Å²) in [5.74, 6) is 0. The molecule has 1 aliphatic heterocycles. The van der Waals surface area contributed by atoms with Crippen molar-refractivity contribution >= 4 is 23.3 Å². The molecule has 5 heteroatoms. The summed E-state index contributed by atoms with van der Waals surface area (Å²) >= 11 is 6.40. The average Bonchev–Trinajstić information content (AvgIpc) is 2.62. The van der Waals surface area contributed by atoms with Gasteiger partial charge in [0.1, 0.15) is 0 Å². The highest BCUT2D eigenvalue weighted by Crippen LogP contribution is 2.57. The molecule has 0 N–H and O–H groups in total. The smallest absolute Gasteiger partial charge is 0.0642 e. The minimum Gasteiger partial charge on any atom is -0.378 e. The van der Waals surface area contributed by atoms with E-state index in [0.717, 1.165) is 26.3 Å². The van der Waals surface area contributed by atoms with Crippen molar-refractivity contribution in [3.05, 3.63) is 42.1 Å². The lowest BCUT2D eigenvalue weighted by Gasteiger charge is -2.44. The Labute approximate surface area is 145 Å². The molecule has 0 saturated carbocycles. The zero-order valence-electron chi connectivity index (χ0n) is 14.1. The molecule has 2 atom stereocenters. The van der Waals surface area contributed by atoms with Crippen LogP contribution >= 0.6 is 6.19 Å². The van der Waals surface area contributed by atoms with Gasteiger partial charge in [-0.25, -0.2) is 0 Å². The highest BCUT2D eigenvalue weighted by Gasteiger charge is 2.38. The number of hydrogen-bond donors (Lipinski definition) is 0. The van der Waals surface area contributed by atoms with Gasteiger partial charge >= 0.3 is 0 Å². The lowest BCUT2D eigenvalue weighted by Crippen LogP contribution is -2.42. The zero-order valence-corrected chi connectivity index (χ0v) is 15.9. The Hall–Kier alpha value is -0.670. The van der Waals surface area contributed by atoms with Gasteiger partial charge in [0.15, 0.2) is 0 Å². The molecule has 3 rings (SSSR count). The first kappa shape index (κ1) is 17.2. The van der Waals surface area contributed by atoms with E-state index in [2.05, 4.69) is 60.1 Å². The van der Waals surface area contributed by atoms with Gasteiger partial charge in [0.2, 0.25) is 0 Å². The molecular formula is C18H27N2OPS. The van der Waals surface area contributed by atoms with Gasteiger partial charge in [-0.1, -0.05) is 48.2 Å². The highest BCUT2D eigenvalue weighted by molar-refractivity contribution is 8.17. The van der Waals surface area contributed by atoms with Gasteiger partial charge in [-0.2, -0.15) is 0 Å². The minimum absolute atomic E-state index is 0.460. The quantitative estimate of drug-likeness (QED) is 0.776. The second-order valence-electron chi connectivity index (χ2n) is 6.48. The summed E-state index contributed by atoms with van der Waals surface area (Å²) in [6.45, 7) is 3.67. The molecule has 0 bridgehead atoms. The molecule has 1 heterocycles. The number of nitrogens with zero attached hydrogens (tertiary/aromatic N) is 2. The van der Waals surface area contributed by atoms with Gasteiger partial charge in [-0.15, -0.1) is 0 Å². The lowest BCUT2D eigenvalue weighted by atomic mass is 10.0. The number of rotatable bonds is 4. The summed E-state index contributed by atoms with van der Waals surface area (Å²) in [6, 6.07) is 10.8. The van der Waals surface area contributed by atoms with Gasteiger partial charge in [-0.05, 0) is 38.7 Å². The third-order valence-electron chi connectivity index (χ3n) is 4.90. The molecule has 2 aliphatic rings. The summed E-state index contributed by atoms with van der Waals surface area (Å²) < 4.78 is 7.88. The summed E-state index contributed by atoms with van der Waals surface area (Å²) in [7, 11) is 4.33. The number of morpholine rings is 1. The van der Waals surface area contributed by atoms with Crippen LogP contribution in [0.25, 0.3) is 0 Å². The molecule has 126 valence electrons. The van der Waals surface area contributed by atoms with E-state index in [4.69, 9.17) is 16.5 Å². The van der Waals surface area contributed by atoms with E-state index in [0.29, 0.717) is 5.66 Å². The summed E-state index contributed by atoms with van der Waals surface area (Å²) in [5, 5.41) is 1.34. The van der Waals surface area contributed by atoms with E-state index >= 15 is 0 Å². The number of ether oxygens (including phenoxy) is 1. The summed E-state index contributed by atoms with van der Waals surface area (Å²) in [5.41, 5.74) is 1.95. The van der Waals surface area contributed by atoms with E-state index < -0.39 is 6.19 Å². The van der Waals surface area contributed by atoms with Crippen molar-refractivity contribution in [1.29, 1.82) is 0 Å². The molecule has 0 amide bonds. The zero-order chi connectivity index (χ0) is 16.3. The number of benzene rings is 1. The van der Waals surface area contributed by atoms with Crippen LogP contribution in [-0.2, 0) is 16.5 Å². The van der Waals surface area contributed by atoms with Crippen molar-refractivity contribution in [3.63, 3.8) is 0 Å². The topological polar surface area (TPSA) is 15.7 Å². The van der Waals surface area contributed by atoms with E-state index in [1.165, 1.54) is 30.3 Å². The Balaban J connectivity index is 1.99. The van der Waals surface area contributed by atoms with Crippen LogP contribution in [0.1, 0.15) is 19.3 Å². The fourth-order valence-corrected chi connectivity index (χ4v) is 7.84. The largest absolute Gasteiger partial charge is 0.378 e. The summed E-state index contributed by atoms with van der Waals surface area (Å²) in [4.78, 5) is 2.53. The maximum Gasteiger partial charge on any atom is 0.0642 e. The fraction of sp³-hybridized carbons (Fsp3) is 0.556. The van der Waals surface area contributed by atoms with E-state index in [-0.39, 0.29) is 0 Å². The van der Waals surface area contributed by atoms with Crippen LogP contribution in [0.5, 0.6) is 0 Å². The minimum atomic E-state index is -1.83. The first-order chi connectivity index (χ1) is 11.1. The van der Waals surface area contributed by atoms with Crippen LogP contribution in [0, 0.1) is 0 Å². The van der Waals surface area contributed by atoms with Crippen LogP contribution in [0.2, 0.25) is 0 Å². The third kappa shape index (κ3) is 3.41. The Bertz CT molecular complexity index is 596. The normalized spacial score (nSPS) is 25.1. The van der Waals surface area contributed by atoms with Crippen LogP contribution < -0.4 is 5.30 Å². The van der Waals surface area contributed by atoms with Crippen LogP contribution in [0.3, 0.4) is 0 Å². The van der Waals surface area contributed by atoms with E-state index in [9.17, 15) is 0 Å². The standard InChI is InChI=1S/C18H27N2OPS/c1-19(2)22(23,16-8-4-3-5-9-16)18-11-7-6-10-17(18)20-12-14-21-15-13-20/h3-5,8-10,18H,6-7,11-15H2,1-2H3/t18-,22+/m0/s1. The lowest BCUT2D eigenvalue weighted by molar-refractivity contribution is 0.0515. The van der Waals surface area contributed by atoms with Gasteiger partial charge in [0.25, 0.3) is 0 Å². The Morgan fingerprint density at radius 3 is 2.52 bits per heavy atom. The predicted molar refractivity (Wildman–Crippen MR) is 102 cm³/mol. The monoisotopic (exact) mass is 350 g/mol. The molecule has 1 fully saturated rings. The SMILES string of the molecule is CN(C)[P@@](=S)(c1ccccc1)[C@H]1CCCC=C1N1CCOCC1. The Kier molecular flexibility index (Phi) is 5.58. The van der Waals surface area contributed by atoms with Crippen LogP contribution in [0.4, 0.5) is 0 Å². The van der Waals surface area contributed by atoms with Crippen molar-refractivity contribution in [3.8, 4) is 0 Å². The highest BCUT2D eigenvalue weighted by atomic mass is 32.4. The number of hydrogen-bond acceptors (Lipinski definition) is 3. The second-order valence-corrected chi connectivity index (χ2v) is 11.3. The molecule has 1 aromatic carbocycles. The molecule has 1 saturated heterocycles. The molecule has 0 radical (unpaired) electrons. The van der Waals surface area contributed by atoms with Gasteiger partial charge in [-0.3, -0.25) is 4.67 Å². The Morgan fingerprint density at radius 1 is 1.17 bits per heavy atom. The van der Waals surface area contributed by atoms with E-state index in [1.54, 1.807) is 0 Å². The predicted octanol–water partition coefficient (Wildman–Crippen LogP) is 3.04. The van der Waals surface area contributed by atoms with E-state index in [1.807, 2.05) is 0 Å². The molecule has 23 heavy (non-hydrogen) atoms. The molecule has 3 nitrogen and oxygen atoms in total. The number of allylic oxidation sites excluding steroid dienone is 2. The van der Waals surface area contributed by atoms with Gasteiger partial charge in [0, 0.05) is 24.4 Å². The fourth-order valence-electron chi connectivity index (χ4n) is 3.69. The maximum atomic E-state index is 6.40. The molecule has 1 aromatic rings. The average molecular weight is 350 g/mol. The van der Waals surface area contributed by atoms with Crippen molar-refractivity contribution in [2.24, 2.45) is 0 Å². The van der Waals surface area contributed by atoms with Crippen molar-refractivity contribution in [2.45, 2.75) is 24.9 Å². The van der Waals surface area contributed by atoms with Gasteiger partial charge < -0.3 is 9.64 Å². The van der Waals surface area contributed by atoms with Crippen molar-refractivity contribution in [1.82, 2.24) is 9.57 Å². The molecule has 0 unspecified atom stereocenters. The first-order valence-electron chi connectivity index (χ1n) is 8.50. The van der Waals surface area contributed by atoms with Gasteiger partial charge in [0.05, 0.1) is 19.4 Å². The Morgan fingerprint density at radius 2 is 1.87 bits per heavy atom. The summed E-state index contributed by atoms with van der Waals surface area (Å²) in [6.07, 6.45) is 4.26. The van der Waals surface area contributed by atoms with Crippen LogP contribution in [0.15, 0.2) is 42.1 Å². The second kappa shape index (κ2) is 7.48. The van der Waals surface area contributed by atoms with Crippen molar-refractivity contribution in [2.75, 3.05) is 40.4 Å². The molecular weight excluding hydrogens is 323 g/mol. The maximum absolute atomic E-state index is 6.40. The first-order valence-corrected chi connectivity index (χ1v) is 11.3. The molecule has 1 aliphatic carbocycles. The van der Waals surface area contributed by atoms with Crippen LogP contribution in [-0.4, -0.2) is 55.6 Å². The third-order valence-corrected chi connectivity index (χ3v) is 10.9.